The Morgan fingerprint density at radius 2 is 1.64 bits per heavy atom. The number of nitro groups is 1. The van der Waals surface area contributed by atoms with Crippen LogP contribution in [0.2, 0.25) is 0 Å². The van der Waals surface area contributed by atoms with Crippen molar-refractivity contribution < 1.29 is 14.8 Å². The van der Waals surface area contributed by atoms with E-state index < -0.39 is 4.92 Å². The standard InChI is InChI=1S/C22H25N7O4/c1-16-23-21(26-22(24-16)28-12-10-27(11-13-28)14-15-30)25-17-2-6-19(7-3-17)33-20-8-4-18(5-9-20)29(31)32/h2-9,30H,10-15H2,1H3,(H,23,24,25,26). The number of ether oxygens (including phenoxy) is 1. The van der Waals surface area contributed by atoms with E-state index in [1.54, 1.807) is 24.3 Å². The smallest absolute Gasteiger partial charge is 0.269 e. The van der Waals surface area contributed by atoms with Crippen molar-refractivity contribution in [3.63, 3.8) is 0 Å². The Balaban J connectivity index is 1.39. The summed E-state index contributed by atoms with van der Waals surface area (Å²) in [6.45, 7) is 5.96. The molecule has 0 atom stereocenters. The van der Waals surface area contributed by atoms with Gasteiger partial charge in [-0.2, -0.15) is 15.0 Å². The van der Waals surface area contributed by atoms with E-state index in [1.807, 2.05) is 19.1 Å². The molecule has 0 aliphatic carbocycles. The molecule has 1 aliphatic heterocycles. The molecule has 1 fully saturated rings. The van der Waals surface area contributed by atoms with Gasteiger partial charge in [-0.3, -0.25) is 15.0 Å². The number of nitro benzene ring substituents is 1. The molecule has 0 radical (unpaired) electrons. The summed E-state index contributed by atoms with van der Waals surface area (Å²) >= 11 is 0. The Morgan fingerprint density at radius 1 is 1.00 bits per heavy atom. The average molecular weight is 451 g/mol. The second-order valence-electron chi connectivity index (χ2n) is 7.56. The van der Waals surface area contributed by atoms with Crippen LogP contribution >= 0.6 is 0 Å². The molecule has 4 rings (SSSR count). The van der Waals surface area contributed by atoms with Crippen LogP contribution in [0.25, 0.3) is 0 Å². The van der Waals surface area contributed by atoms with Gasteiger partial charge in [0, 0.05) is 50.5 Å². The van der Waals surface area contributed by atoms with Crippen LogP contribution in [0.5, 0.6) is 11.5 Å². The lowest BCUT2D eigenvalue weighted by Gasteiger charge is -2.34. The minimum Gasteiger partial charge on any atom is -0.457 e. The molecule has 2 N–H and O–H groups in total. The van der Waals surface area contributed by atoms with Gasteiger partial charge in [0.1, 0.15) is 17.3 Å². The fourth-order valence-corrected chi connectivity index (χ4v) is 3.49. The molecule has 0 spiro atoms. The summed E-state index contributed by atoms with van der Waals surface area (Å²) in [4.78, 5) is 28.1. The third-order valence-electron chi connectivity index (χ3n) is 5.20. The van der Waals surface area contributed by atoms with E-state index >= 15 is 0 Å². The number of aryl methyl sites for hydroxylation is 1. The molecule has 2 aromatic carbocycles. The lowest BCUT2D eigenvalue weighted by Crippen LogP contribution is -2.47. The number of nitrogens with one attached hydrogen (secondary N) is 1. The molecule has 1 aromatic heterocycles. The molecule has 0 unspecified atom stereocenters. The Labute approximate surface area is 190 Å². The highest BCUT2D eigenvalue weighted by Crippen LogP contribution is 2.26. The highest BCUT2D eigenvalue weighted by Gasteiger charge is 2.19. The van der Waals surface area contributed by atoms with Crippen LogP contribution in [0.3, 0.4) is 0 Å². The molecule has 11 heteroatoms. The largest absolute Gasteiger partial charge is 0.457 e. The molecule has 0 amide bonds. The molecule has 172 valence electrons. The molecule has 0 bridgehead atoms. The highest BCUT2D eigenvalue weighted by atomic mass is 16.6. The monoisotopic (exact) mass is 451 g/mol. The zero-order valence-corrected chi connectivity index (χ0v) is 18.2. The number of aromatic nitrogens is 3. The van der Waals surface area contributed by atoms with E-state index in [0.717, 1.165) is 31.9 Å². The number of anilines is 3. The SMILES string of the molecule is Cc1nc(Nc2ccc(Oc3ccc([N+](=O)[O-])cc3)cc2)nc(N2CCN(CCO)CC2)n1. The van der Waals surface area contributed by atoms with Gasteiger partial charge < -0.3 is 20.1 Å². The zero-order valence-electron chi connectivity index (χ0n) is 18.2. The van der Waals surface area contributed by atoms with Crippen LogP contribution in [0.15, 0.2) is 48.5 Å². The number of hydrogen-bond donors (Lipinski definition) is 2. The molecule has 33 heavy (non-hydrogen) atoms. The van der Waals surface area contributed by atoms with Crippen molar-refractivity contribution in [3.05, 3.63) is 64.5 Å². The van der Waals surface area contributed by atoms with Crippen molar-refractivity contribution >= 4 is 23.3 Å². The van der Waals surface area contributed by atoms with Gasteiger partial charge in [0.05, 0.1) is 11.5 Å². The first kappa shape index (κ1) is 22.4. The Kier molecular flexibility index (Phi) is 6.91. The predicted molar refractivity (Wildman–Crippen MR) is 123 cm³/mol. The van der Waals surface area contributed by atoms with Gasteiger partial charge in [0.15, 0.2) is 0 Å². The fraction of sp³-hybridized carbons (Fsp3) is 0.318. The van der Waals surface area contributed by atoms with Gasteiger partial charge >= 0.3 is 0 Å². The minimum atomic E-state index is -0.449. The molecule has 1 saturated heterocycles. The first-order chi connectivity index (χ1) is 16.0. The van der Waals surface area contributed by atoms with Crippen molar-refractivity contribution in [3.8, 4) is 11.5 Å². The summed E-state index contributed by atoms with van der Waals surface area (Å²) in [6, 6.07) is 13.2. The van der Waals surface area contributed by atoms with Crippen LogP contribution < -0.4 is 15.0 Å². The summed E-state index contributed by atoms with van der Waals surface area (Å²) in [5.74, 6) is 2.82. The molecule has 2 heterocycles. The number of aliphatic hydroxyl groups excluding tert-OH is 1. The fourth-order valence-electron chi connectivity index (χ4n) is 3.49. The second kappa shape index (κ2) is 10.2. The first-order valence-corrected chi connectivity index (χ1v) is 10.6. The summed E-state index contributed by atoms with van der Waals surface area (Å²) in [5, 5.41) is 23.1. The topological polar surface area (TPSA) is 130 Å². The maximum atomic E-state index is 10.8. The molecule has 1 aliphatic rings. The van der Waals surface area contributed by atoms with E-state index in [4.69, 9.17) is 9.84 Å². The number of nitrogens with zero attached hydrogens (tertiary/aromatic N) is 6. The van der Waals surface area contributed by atoms with Crippen LogP contribution in [0.1, 0.15) is 5.82 Å². The quantitative estimate of drug-likeness (QED) is 0.389. The minimum absolute atomic E-state index is 0.0148. The molecule has 11 nitrogen and oxygen atoms in total. The highest BCUT2D eigenvalue weighted by molar-refractivity contribution is 5.56. The predicted octanol–water partition coefficient (Wildman–Crippen LogP) is 2.74. The number of benzene rings is 2. The Bertz CT molecular complexity index is 1080. The maximum absolute atomic E-state index is 10.8. The third-order valence-corrected chi connectivity index (χ3v) is 5.20. The molecule has 0 saturated carbocycles. The normalized spacial score (nSPS) is 14.2. The molecular weight excluding hydrogens is 426 g/mol. The van der Waals surface area contributed by atoms with Crippen molar-refractivity contribution in [1.82, 2.24) is 19.9 Å². The zero-order chi connectivity index (χ0) is 23.2. The summed E-state index contributed by atoms with van der Waals surface area (Å²) in [5.41, 5.74) is 0.802. The van der Waals surface area contributed by atoms with Crippen LogP contribution in [0.4, 0.5) is 23.3 Å². The number of hydrogen-bond acceptors (Lipinski definition) is 10. The average Bonchev–Trinajstić information content (AvgIpc) is 2.81. The van der Waals surface area contributed by atoms with Gasteiger partial charge in [-0.15, -0.1) is 0 Å². The van der Waals surface area contributed by atoms with E-state index in [-0.39, 0.29) is 12.3 Å². The van der Waals surface area contributed by atoms with Crippen molar-refractivity contribution in [1.29, 1.82) is 0 Å². The van der Waals surface area contributed by atoms with E-state index in [2.05, 4.69) is 30.1 Å². The first-order valence-electron chi connectivity index (χ1n) is 10.6. The summed E-state index contributed by atoms with van der Waals surface area (Å²) < 4.78 is 5.74. The lowest BCUT2D eigenvalue weighted by atomic mass is 10.3. The van der Waals surface area contributed by atoms with Crippen molar-refractivity contribution in [2.45, 2.75) is 6.92 Å². The van der Waals surface area contributed by atoms with Crippen LogP contribution in [-0.4, -0.2) is 69.2 Å². The van der Waals surface area contributed by atoms with E-state index in [1.165, 1.54) is 12.1 Å². The number of non-ortho nitro benzene ring substituents is 1. The van der Waals surface area contributed by atoms with E-state index in [9.17, 15) is 10.1 Å². The van der Waals surface area contributed by atoms with Gasteiger partial charge in [-0.25, -0.2) is 0 Å². The second-order valence-corrected chi connectivity index (χ2v) is 7.56. The van der Waals surface area contributed by atoms with Gasteiger partial charge in [0.2, 0.25) is 11.9 Å². The van der Waals surface area contributed by atoms with Crippen LogP contribution in [0, 0.1) is 17.0 Å². The van der Waals surface area contributed by atoms with Crippen molar-refractivity contribution in [2.24, 2.45) is 0 Å². The van der Waals surface area contributed by atoms with E-state index in [0.29, 0.717) is 35.8 Å². The van der Waals surface area contributed by atoms with Crippen LogP contribution in [-0.2, 0) is 0 Å². The third kappa shape index (κ3) is 5.90. The Hall–Kier alpha value is -3.83. The van der Waals surface area contributed by atoms with Gasteiger partial charge in [-0.1, -0.05) is 0 Å². The maximum Gasteiger partial charge on any atom is 0.269 e. The lowest BCUT2D eigenvalue weighted by molar-refractivity contribution is -0.384. The summed E-state index contributed by atoms with van der Waals surface area (Å²) in [6.07, 6.45) is 0. The van der Waals surface area contributed by atoms with Crippen molar-refractivity contribution in [2.75, 3.05) is 49.5 Å². The van der Waals surface area contributed by atoms with Gasteiger partial charge in [0.25, 0.3) is 5.69 Å². The number of piperazine rings is 1. The number of rotatable bonds is 8. The molecular formula is C22H25N7O4. The van der Waals surface area contributed by atoms with Gasteiger partial charge in [-0.05, 0) is 43.3 Å². The number of β-amino-alcohol motifs (C(OH)–C–C–N with tert-alkyl or cyclic N) is 1. The Morgan fingerprint density at radius 3 is 2.24 bits per heavy atom. The molecule has 3 aromatic rings. The number of aliphatic hydroxyl groups is 1. The summed E-state index contributed by atoms with van der Waals surface area (Å²) in [7, 11) is 0.